The molecule has 0 spiro atoms. The molecule has 0 radical (unpaired) electrons. The van der Waals surface area contributed by atoms with E-state index >= 15 is 0 Å². The third-order valence-electron chi connectivity index (χ3n) is 2.66. The van der Waals surface area contributed by atoms with E-state index < -0.39 is 22.6 Å². The molecule has 1 atom stereocenters. The summed E-state index contributed by atoms with van der Waals surface area (Å²) in [6, 6.07) is 9.73. The van der Waals surface area contributed by atoms with Crippen molar-refractivity contribution < 1.29 is 18.5 Å². The molecule has 2 rings (SSSR count). The van der Waals surface area contributed by atoms with Crippen LogP contribution in [0, 0.1) is 5.82 Å². The molecule has 104 valence electrons. The van der Waals surface area contributed by atoms with Crippen molar-refractivity contribution >= 4 is 28.4 Å². The van der Waals surface area contributed by atoms with Gasteiger partial charge in [-0.3, -0.25) is 4.21 Å². The number of carboxylic acids is 1. The summed E-state index contributed by atoms with van der Waals surface area (Å²) in [6.07, 6.45) is 0. The normalized spacial score (nSPS) is 12.1. The van der Waals surface area contributed by atoms with Crippen molar-refractivity contribution in [3.8, 4) is 0 Å². The van der Waals surface area contributed by atoms with Gasteiger partial charge in [0.25, 0.3) is 0 Å². The van der Waals surface area contributed by atoms with Crippen LogP contribution in [-0.2, 0) is 16.6 Å². The van der Waals surface area contributed by atoms with Gasteiger partial charge in [0.1, 0.15) is 5.82 Å². The van der Waals surface area contributed by atoms with Crippen LogP contribution in [-0.4, -0.2) is 15.3 Å². The molecule has 20 heavy (non-hydrogen) atoms. The van der Waals surface area contributed by atoms with E-state index in [1.54, 1.807) is 0 Å². The Hall–Kier alpha value is -1.72. The average molecular weight is 313 g/mol. The Labute approximate surface area is 122 Å². The van der Waals surface area contributed by atoms with Crippen LogP contribution in [0.4, 0.5) is 4.39 Å². The van der Waals surface area contributed by atoms with Crippen LogP contribution in [0.3, 0.4) is 0 Å². The molecule has 6 heteroatoms. The largest absolute Gasteiger partial charge is 0.478 e. The monoisotopic (exact) mass is 312 g/mol. The van der Waals surface area contributed by atoms with Crippen LogP contribution in [0.1, 0.15) is 15.9 Å². The summed E-state index contributed by atoms with van der Waals surface area (Å²) < 4.78 is 25.7. The van der Waals surface area contributed by atoms with Crippen molar-refractivity contribution in [3.05, 3.63) is 64.4 Å². The number of carboxylic acid groups (broad SMARTS) is 1. The molecule has 0 bridgehead atoms. The second kappa shape index (κ2) is 6.15. The zero-order valence-electron chi connectivity index (χ0n) is 10.2. The maximum atomic E-state index is 13.5. The molecule has 3 nitrogen and oxygen atoms in total. The van der Waals surface area contributed by atoms with Gasteiger partial charge in [-0.25, -0.2) is 9.18 Å². The smallest absolute Gasteiger partial charge is 0.335 e. The highest BCUT2D eigenvalue weighted by atomic mass is 35.5. The highest BCUT2D eigenvalue weighted by Gasteiger charge is 2.11. The van der Waals surface area contributed by atoms with E-state index in [2.05, 4.69) is 0 Å². The van der Waals surface area contributed by atoms with Crippen molar-refractivity contribution in [3.63, 3.8) is 0 Å². The van der Waals surface area contributed by atoms with Gasteiger partial charge >= 0.3 is 5.97 Å². The Balaban J connectivity index is 2.19. The van der Waals surface area contributed by atoms with E-state index in [1.165, 1.54) is 42.5 Å². The molecule has 0 amide bonds. The van der Waals surface area contributed by atoms with Gasteiger partial charge in [0.05, 0.1) is 22.1 Å². The lowest BCUT2D eigenvalue weighted by atomic mass is 10.2. The van der Waals surface area contributed by atoms with Crippen LogP contribution in [0.2, 0.25) is 5.02 Å². The molecule has 0 aliphatic heterocycles. The zero-order valence-corrected chi connectivity index (χ0v) is 11.7. The van der Waals surface area contributed by atoms with Crippen LogP contribution in [0.25, 0.3) is 0 Å². The molecule has 2 aromatic carbocycles. The van der Waals surface area contributed by atoms with E-state index in [9.17, 15) is 13.4 Å². The van der Waals surface area contributed by atoms with Crippen molar-refractivity contribution in [2.75, 3.05) is 0 Å². The Bertz CT molecular complexity index is 671. The first-order valence-electron chi connectivity index (χ1n) is 5.63. The molecule has 2 aromatic rings. The number of carbonyl (C=O) groups is 1. The topological polar surface area (TPSA) is 54.4 Å². The lowest BCUT2D eigenvalue weighted by molar-refractivity contribution is 0.0697. The number of hydrogen-bond acceptors (Lipinski definition) is 2. The van der Waals surface area contributed by atoms with Gasteiger partial charge in [0.2, 0.25) is 0 Å². The van der Waals surface area contributed by atoms with Gasteiger partial charge in [0.15, 0.2) is 0 Å². The standard InChI is InChI=1S/C14H10ClFO3S/c15-11-3-6-13(16)10(7-11)8-20(19)12-4-1-9(2-5-12)14(17)18/h1-7H,8H2,(H,17,18). The summed E-state index contributed by atoms with van der Waals surface area (Å²) in [4.78, 5) is 11.2. The molecule has 0 aliphatic rings. The van der Waals surface area contributed by atoms with Gasteiger partial charge in [0, 0.05) is 15.5 Å². The van der Waals surface area contributed by atoms with Gasteiger partial charge in [-0.05, 0) is 42.5 Å². The predicted octanol–water partition coefficient (Wildman–Crippen LogP) is 3.49. The summed E-state index contributed by atoms with van der Waals surface area (Å²) in [6.45, 7) is 0. The molecule has 0 saturated heterocycles. The first kappa shape index (κ1) is 14.7. The van der Waals surface area contributed by atoms with Gasteiger partial charge in [-0.15, -0.1) is 0 Å². The second-order valence-corrected chi connectivity index (χ2v) is 5.94. The molecule has 0 aliphatic carbocycles. The number of benzene rings is 2. The lowest BCUT2D eigenvalue weighted by Crippen LogP contribution is -2.01. The molecule has 0 saturated carbocycles. The summed E-state index contributed by atoms with van der Waals surface area (Å²) in [7, 11) is -1.47. The minimum absolute atomic E-state index is 0.0151. The van der Waals surface area contributed by atoms with Crippen LogP contribution in [0.15, 0.2) is 47.4 Å². The Kier molecular flexibility index (Phi) is 4.52. The Morgan fingerprint density at radius 1 is 1.20 bits per heavy atom. The van der Waals surface area contributed by atoms with Crippen molar-refractivity contribution in [1.29, 1.82) is 0 Å². The minimum Gasteiger partial charge on any atom is -0.478 e. The molecule has 1 unspecified atom stereocenters. The number of aromatic carboxylic acids is 1. The predicted molar refractivity (Wildman–Crippen MR) is 74.9 cm³/mol. The maximum Gasteiger partial charge on any atom is 0.335 e. The summed E-state index contributed by atoms with van der Waals surface area (Å²) >= 11 is 5.77. The molecule has 1 N–H and O–H groups in total. The second-order valence-electron chi connectivity index (χ2n) is 4.06. The van der Waals surface area contributed by atoms with Crippen molar-refractivity contribution in [2.24, 2.45) is 0 Å². The first-order chi connectivity index (χ1) is 9.47. The molecular weight excluding hydrogens is 303 g/mol. The van der Waals surface area contributed by atoms with E-state index in [0.29, 0.717) is 9.92 Å². The fourth-order valence-electron chi connectivity index (χ4n) is 1.63. The molecule has 0 fully saturated rings. The van der Waals surface area contributed by atoms with Crippen LogP contribution >= 0.6 is 11.6 Å². The Morgan fingerprint density at radius 2 is 1.85 bits per heavy atom. The van der Waals surface area contributed by atoms with Crippen molar-refractivity contribution in [1.82, 2.24) is 0 Å². The van der Waals surface area contributed by atoms with E-state index in [-0.39, 0.29) is 16.9 Å². The quantitative estimate of drug-likeness (QED) is 0.940. The highest BCUT2D eigenvalue weighted by Crippen LogP contribution is 2.19. The third-order valence-corrected chi connectivity index (χ3v) is 4.26. The number of hydrogen-bond donors (Lipinski definition) is 1. The van der Waals surface area contributed by atoms with Gasteiger partial charge < -0.3 is 5.11 Å². The number of rotatable bonds is 4. The van der Waals surface area contributed by atoms with Crippen molar-refractivity contribution in [2.45, 2.75) is 10.6 Å². The average Bonchev–Trinajstić information content (AvgIpc) is 2.43. The first-order valence-corrected chi connectivity index (χ1v) is 7.33. The molecule has 0 aromatic heterocycles. The summed E-state index contributed by atoms with van der Waals surface area (Å²) in [5.41, 5.74) is 0.373. The van der Waals surface area contributed by atoms with E-state index in [1.807, 2.05) is 0 Å². The van der Waals surface area contributed by atoms with E-state index in [4.69, 9.17) is 16.7 Å². The zero-order chi connectivity index (χ0) is 14.7. The Morgan fingerprint density at radius 3 is 2.45 bits per heavy atom. The fourth-order valence-corrected chi connectivity index (χ4v) is 2.93. The molecule has 0 heterocycles. The maximum absolute atomic E-state index is 13.5. The summed E-state index contributed by atoms with van der Waals surface area (Å²) in [5, 5.41) is 9.15. The number of halogens is 2. The summed E-state index contributed by atoms with van der Waals surface area (Å²) in [5.74, 6) is -1.54. The lowest BCUT2D eigenvalue weighted by Gasteiger charge is -2.05. The SMILES string of the molecule is O=C(O)c1ccc(S(=O)Cc2cc(Cl)ccc2F)cc1. The van der Waals surface area contributed by atoms with Crippen LogP contribution < -0.4 is 0 Å². The van der Waals surface area contributed by atoms with E-state index in [0.717, 1.165) is 0 Å². The third kappa shape index (κ3) is 3.43. The fraction of sp³-hybridized carbons (Fsp3) is 0.0714. The van der Waals surface area contributed by atoms with Gasteiger partial charge in [-0.2, -0.15) is 0 Å². The van der Waals surface area contributed by atoms with Gasteiger partial charge in [-0.1, -0.05) is 11.6 Å². The van der Waals surface area contributed by atoms with Crippen LogP contribution in [0.5, 0.6) is 0 Å². The highest BCUT2D eigenvalue weighted by molar-refractivity contribution is 7.84. The minimum atomic E-state index is -1.47. The molecular formula is C14H10ClFO3S.